The SMILES string of the molecule is CCNC(=NCCCCN1CCC(C(N)=O)CC1)N1CCOC(c2ccc(C)cc2C)C1.I. The van der Waals surface area contributed by atoms with Crippen LogP contribution in [0.25, 0.3) is 0 Å². The molecule has 186 valence electrons. The van der Waals surface area contributed by atoms with Crippen LogP contribution in [0.5, 0.6) is 0 Å². The van der Waals surface area contributed by atoms with Gasteiger partial charge in [-0.05, 0) is 77.2 Å². The summed E-state index contributed by atoms with van der Waals surface area (Å²) in [5.41, 5.74) is 9.28. The third-order valence-electron chi connectivity index (χ3n) is 6.61. The van der Waals surface area contributed by atoms with Crippen LogP contribution in [0, 0.1) is 19.8 Å². The van der Waals surface area contributed by atoms with Crippen LogP contribution in [-0.4, -0.2) is 74.1 Å². The number of primary amides is 1. The van der Waals surface area contributed by atoms with Crippen molar-refractivity contribution in [2.45, 2.75) is 52.6 Å². The number of hydrogen-bond acceptors (Lipinski definition) is 4. The highest BCUT2D eigenvalue weighted by Gasteiger charge is 2.25. The molecule has 1 unspecified atom stereocenters. The summed E-state index contributed by atoms with van der Waals surface area (Å²) in [4.78, 5) is 21.0. The number of ether oxygens (including phenoxy) is 1. The largest absolute Gasteiger partial charge is 0.370 e. The number of aliphatic imine (C=N–C) groups is 1. The average molecular weight is 572 g/mol. The first-order valence-electron chi connectivity index (χ1n) is 12.2. The van der Waals surface area contributed by atoms with Crippen molar-refractivity contribution < 1.29 is 9.53 Å². The summed E-state index contributed by atoms with van der Waals surface area (Å²) in [5, 5.41) is 3.47. The molecule has 3 N–H and O–H groups in total. The molecular weight excluding hydrogens is 529 g/mol. The number of carbonyl (C=O) groups is 1. The Kier molecular flexibility index (Phi) is 11.9. The van der Waals surface area contributed by atoms with E-state index < -0.39 is 0 Å². The van der Waals surface area contributed by atoms with Crippen LogP contribution in [0.4, 0.5) is 0 Å². The Hall–Kier alpha value is -1.39. The van der Waals surface area contributed by atoms with Crippen molar-refractivity contribution in [2.24, 2.45) is 16.6 Å². The summed E-state index contributed by atoms with van der Waals surface area (Å²) in [7, 11) is 0. The second-order valence-electron chi connectivity index (χ2n) is 9.13. The number of benzene rings is 1. The van der Waals surface area contributed by atoms with Crippen molar-refractivity contribution in [2.75, 3.05) is 52.4 Å². The number of aryl methyl sites for hydroxylation is 2. The molecule has 1 aromatic rings. The van der Waals surface area contributed by atoms with Crippen molar-refractivity contribution in [1.29, 1.82) is 0 Å². The van der Waals surface area contributed by atoms with Gasteiger partial charge in [0.2, 0.25) is 5.91 Å². The molecule has 1 amide bonds. The molecular formula is C25H42IN5O2. The van der Waals surface area contributed by atoms with Crippen LogP contribution >= 0.6 is 24.0 Å². The normalized spacial score (nSPS) is 20.4. The average Bonchev–Trinajstić information content (AvgIpc) is 2.78. The van der Waals surface area contributed by atoms with E-state index in [2.05, 4.69) is 54.1 Å². The van der Waals surface area contributed by atoms with Gasteiger partial charge in [-0.2, -0.15) is 0 Å². The highest BCUT2D eigenvalue weighted by Crippen LogP contribution is 2.26. The first-order chi connectivity index (χ1) is 15.5. The number of piperidine rings is 1. The molecule has 2 saturated heterocycles. The van der Waals surface area contributed by atoms with Gasteiger partial charge in [0.1, 0.15) is 6.10 Å². The Morgan fingerprint density at radius 3 is 2.64 bits per heavy atom. The molecule has 0 spiro atoms. The van der Waals surface area contributed by atoms with Gasteiger partial charge in [0.15, 0.2) is 5.96 Å². The number of nitrogens with two attached hydrogens (primary N) is 1. The number of morpholine rings is 1. The number of nitrogens with zero attached hydrogens (tertiary/aromatic N) is 3. The van der Waals surface area contributed by atoms with Crippen molar-refractivity contribution in [3.05, 3.63) is 34.9 Å². The number of likely N-dealkylation sites (tertiary alicyclic amines) is 1. The molecule has 1 atom stereocenters. The van der Waals surface area contributed by atoms with Crippen LogP contribution < -0.4 is 11.1 Å². The molecule has 0 aliphatic carbocycles. The maximum atomic E-state index is 11.3. The first kappa shape index (κ1) is 27.9. The lowest BCUT2D eigenvalue weighted by atomic mass is 9.96. The molecule has 33 heavy (non-hydrogen) atoms. The van der Waals surface area contributed by atoms with Gasteiger partial charge >= 0.3 is 0 Å². The number of rotatable bonds is 8. The van der Waals surface area contributed by atoms with Crippen LogP contribution in [0.15, 0.2) is 23.2 Å². The van der Waals surface area contributed by atoms with Crippen LogP contribution in [0.2, 0.25) is 0 Å². The van der Waals surface area contributed by atoms with Crippen LogP contribution in [-0.2, 0) is 9.53 Å². The predicted molar refractivity (Wildman–Crippen MR) is 145 cm³/mol. The molecule has 7 nitrogen and oxygen atoms in total. The summed E-state index contributed by atoms with van der Waals surface area (Å²) in [6.07, 6.45) is 4.07. The minimum atomic E-state index is -0.141. The lowest BCUT2D eigenvalue weighted by Crippen LogP contribution is -2.48. The molecule has 1 aromatic carbocycles. The van der Waals surface area contributed by atoms with E-state index in [-0.39, 0.29) is 41.9 Å². The number of carbonyl (C=O) groups excluding carboxylic acids is 1. The maximum Gasteiger partial charge on any atom is 0.220 e. The third-order valence-corrected chi connectivity index (χ3v) is 6.61. The van der Waals surface area contributed by atoms with Gasteiger partial charge in [0, 0.05) is 25.6 Å². The Bertz CT molecular complexity index is 780. The van der Waals surface area contributed by atoms with Crippen LogP contribution in [0.3, 0.4) is 0 Å². The van der Waals surface area contributed by atoms with Gasteiger partial charge in [-0.25, -0.2) is 0 Å². The van der Waals surface area contributed by atoms with E-state index in [1.807, 2.05) is 0 Å². The van der Waals surface area contributed by atoms with E-state index >= 15 is 0 Å². The second kappa shape index (κ2) is 14.1. The molecule has 0 radical (unpaired) electrons. The molecule has 2 heterocycles. The zero-order chi connectivity index (χ0) is 22.9. The monoisotopic (exact) mass is 571 g/mol. The van der Waals surface area contributed by atoms with E-state index in [0.717, 1.165) is 77.5 Å². The number of guanidine groups is 1. The van der Waals surface area contributed by atoms with Gasteiger partial charge in [0.05, 0.1) is 13.2 Å². The summed E-state index contributed by atoms with van der Waals surface area (Å²) >= 11 is 0. The predicted octanol–water partition coefficient (Wildman–Crippen LogP) is 3.24. The van der Waals surface area contributed by atoms with Gasteiger partial charge in [-0.3, -0.25) is 9.79 Å². The van der Waals surface area contributed by atoms with E-state index in [9.17, 15) is 4.79 Å². The van der Waals surface area contributed by atoms with Crippen molar-refractivity contribution >= 4 is 35.8 Å². The highest BCUT2D eigenvalue weighted by molar-refractivity contribution is 14.0. The Morgan fingerprint density at radius 1 is 1.21 bits per heavy atom. The number of halogens is 1. The fourth-order valence-corrected chi connectivity index (χ4v) is 4.72. The van der Waals surface area contributed by atoms with E-state index in [1.54, 1.807) is 0 Å². The van der Waals surface area contributed by atoms with E-state index in [0.29, 0.717) is 6.61 Å². The quantitative estimate of drug-likeness (QED) is 0.217. The van der Waals surface area contributed by atoms with Gasteiger partial charge < -0.3 is 25.6 Å². The van der Waals surface area contributed by atoms with Crippen molar-refractivity contribution in [3.8, 4) is 0 Å². The summed E-state index contributed by atoms with van der Waals surface area (Å²) in [6.45, 7) is 13.5. The van der Waals surface area contributed by atoms with Crippen LogP contribution in [0.1, 0.15) is 55.4 Å². The first-order valence-corrected chi connectivity index (χ1v) is 12.2. The number of amides is 1. The second-order valence-corrected chi connectivity index (χ2v) is 9.13. The van der Waals surface area contributed by atoms with Gasteiger partial charge in [0.25, 0.3) is 0 Å². The molecule has 2 aliphatic heterocycles. The van der Waals surface area contributed by atoms with Gasteiger partial charge in [-0.1, -0.05) is 23.8 Å². The smallest absolute Gasteiger partial charge is 0.220 e. The fraction of sp³-hybridized carbons (Fsp3) is 0.680. The molecule has 2 fully saturated rings. The molecule has 2 aliphatic rings. The lowest BCUT2D eigenvalue weighted by molar-refractivity contribution is -0.123. The molecule has 8 heteroatoms. The topological polar surface area (TPSA) is 83.2 Å². The number of hydrogen-bond donors (Lipinski definition) is 2. The van der Waals surface area contributed by atoms with Gasteiger partial charge in [-0.15, -0.1) is 24.0 Å². The molecule has 0 saturated carbocycles. The Morgan fingerprint density at radius 2 is 1.97 bits per heavy atom. The number of unbranched alkanes of at least 4 members (excludes halogenated alkanes) is 1. The zero-order valence-corrected chi connectivity index (χ0v) is 22.8. The molecule has 3 rings (SSSR count). The Balaban J connectivity index is 0.00000385. The van der Waals surface area contributed by atoms with E-state index in [4.69, 9.17) is 15.5 Å². The molecule has 0 bridgehead atoms. The minimum Gasteiger partial charge on any atom is -0.370 e. The van der Waals surface area contributed by atoms with Crippen molar-refractivity contribution in [3.63, 3.8) is 0 Å². The minimum absolute atomic E-state index is 0. The van der Waals surface area contributed by atoms with Crippen molar-refractivity contribution in [1.82, 2.24) is 15.1 Å². The fourth-order valence-electron chi connectivity index (χ4n) is 4.72. The highest BCUT2D eigenvalue weighted by atomic mass is 127. The van der Waals surface area contributed by atoms with E-state index in [1.165, 1.54) is 16.7 Å². The standard InChI is InChI=1S/C25H41N5O2.HI/c1-4-27-25(28-11-5-6-12-29-13-9-21(10-14-29)24(26)31)30-15-16-32-23(18-30)22-8-7-19(2)17-20(22)3;/h7-8,17,21,23H,4-6,9-16,18H2,1-3H3,(H2,26,31)(H,27,28);1H. The lowest BCUT2D eigenvalue weighted by Gasteiger charge is -2.36. The summed E-state index contributed by atoms with van der Waals surface area (Å²) < 4.78 is 6.12. The third kappa shape index (κ3) is 8.40. The number of nitrogens with one attached hydrogen (secondary N) is 1. The Labute approximate surface area is 216 Å². The zero-order valence-electron chi connectivity index (χ0n) is 20.5. The maximum absolute atomic E-state index is 11.3. The summed E-state index contributed by atoms with van der Waals surface area (Å²) in [5.74, 6) is 0.922. The molecule has 0 aromatic heterocycles. The summed E-state index contributed by atoms with van der Waals surface area (Å²) in [6, 6.07) is 6.60.